The Labute approximate surface area is 196 Å². The van der Waals surface area contributed by atoms with Crippen molar-refractivity contribution in [2.75, 3.05) is 19.6 Å². The molecular weight excluding hydrogens is 408 g/mol. The van der Waals surface area contributed by atoms with Crippen LogP contribution >= 0.6 is 0 Å². The number of amides is 1. The normalized spacial score (nSPS) is 18.7. The molecule has 2 aliphatic rings. The molecule has 5 rings (SSSR count). The lowest BCUT2D eigenvalue weighted by Crippen LogP contribution is -2.32. The van der Waals surface area contributed by atoms with Gasteiger partial charge in [0.2, 0.25) is 0 Å². The summed E-state index contributed by atoms with van der Waals surface area (Å²) in [6.07, 6.45) is 8.87. The Morgan fingerprint density at radius 2 is 1.85 bits per heavy atom. The molecule has 1 amide bonds. The number of hydrogen-bond donors (Lipinski definition) is 0. The van der Waals surface area contributed by atoms with Crippen molar-refractivity contribution >= 4 is 5.91 Å². The monoisotopic (exact) mass is 440 g/mol. The van der Waals surface area contributed by atoms with E-state index in [1.54, 1.807) is 0 Å². The number of hydrogen-bond acceptors (Lipinski definition) is 4. The summed E-state index contributed by atoms with van der Waals surface area (Å²) in [6, 6.07) is 16.6. The van der Waals surface area contributed by atoms with Crippen LogP contribution in [0.15, 0.2) is 60.9 Å². The maximum Gasteiger partial charge on any atom is 0.254 e. The van der Waals surface area contributed by atoms with Gasteiger partial charge in [-0.05, 0) is 62.9 Å². The Morgan fingerprint density at radius 1 is 1.00 bits per heavy atom. The highest BCUT2D eigenvalue weighted by Crippen LogP contribution is 2.33. The van der Waals surface area contributed by atoms with Gasteiger partial charge in [-0.2, -0.15) is 0 Å². The summed E-state index contributed by atoms with van der Waals surface area (Å²) in [4.78, 5) is 27.6. The average molecular weight is 441 g/mol. The van der Waals surface area contributed by atoms with Crippen LogP contribution in [0.3, 0.4) is 0 Å². The molecule has 33 heavy (non-hydrogen) atoms. The van der Waals surface area contributed by atoms with Crippen molar-refractivity contribution < 1.29 is 4.79 Å². The van der Waals surface area contributed by atoms with Crippen LogP contribution in [0, 0.1) is 6.92 Å². The summed E-state index contributed by atoms with van der Waals surface area (Å²) in [7, 11) is 0. The summed E-state index contributed by atoms with van der Waals surface area (Å²) < 4.78 is 0. The number of carbonyl (C=O) groups is 1. The van der Waals surface area contributed by atoms with E-state index in [1.807, 2.05) is 35.5 Å². The lowest BCUT2D eigenvalue weighted by Gasteiger charge is -2.26. The Bertz CT molecular complexity index is 1120. The lowest BCUT2D eigenvalue weighted by molar-refractivity contribution is 0.0730. The highest BCUT2D eigenvalue weighted by Gasteiger charge is 2.33. The van der Waals surface area contributed by atoms with Gasteiger partial charge in [0.1, 0.15) is 0 Å². The van der Waals surface area contributed by atoms with Crippen molar-refractivity contribution in [3.8, 4) is 0 Å². The maximum atomic E-state index is 13.7. The van der Waals surface area contributed by atoms with E-state index >= 15 is 0 Å². The number of benzene rings is 2. The molecule has 0 aliphatic carbocycles. The highest BCUT2D eigenvalue weighted by atomic mass is 16.2. The van der Waals surface area contributed by atoms with Crippen molar-refractivity contribution in [3.05, 3.63) is 94.6 Å². The van der Waals surface area contributed by atoms with Crippen LogP contribution in [0.4, 0.5) is 0 Å². The quantitative estimate of drug-likeness (QED) is 0.544. The summed E-state index contributed by atoms with van der Waals surface area (Å²) in [5.74, 6) is 0.123. The van der Waals surface area contributed by atoms with E-state index in [1.165, 1.54) is 24.0 Å². The van der Waals surface area contributed by atoms with Gasteiger partial charge < -0.3 is 4.90 Å². The Kier molecular flexibility index (Phi) is 6.49. The van der Waals surface area contributed by atoms with E-state index in [0.29, 0.717) is 0 Å². The molecule has 170 valence electrons. The van der Waals surface area contributed by atoms with Gasteiger partial charge in [0.25, 0.3) is 5.91 Å². The molecule has 5 heteroatoms. The lowest BCUT2D eigenvalue weighted by atomic mass is 10.0. The van der Waals surface area contributed by atoms with Gasteiger partial charge in [-0.1, -0.05) is 48.0 Å². The zero-order chi connectivity index (χ0) is 22.6. The van der Waals surface area contributed by atoms with Crippen LogP contribution in [0.25, 0.3) is 0 Å². The molecule has 2 saturated heterocycles. The summed E-state index contributed by atoms with van der Waals surface area (Å²) in [5.41, 5.74) is 6.30. The fourth-order valence-corrected chi connectivity index (χ4v) is 5.22. The third-order valence-electron chi connectivity index (χ3n) is 6.87. The smallest absolute Gasteiger partial charge is 0.254 e. The number of nitrogens with zero attached hydrogens (tertiary/aromatic N) is 4. The number of aryl methyl sites for hydroxylation is 1. The first-order valence-corrected chi connectivity index (χ1v) is 12.1. The minimum atomic E-state index is -0.0118. The first-order chi connectivity index (χ1) is 16.2. The van der Waals surface area contributed by atoms with Gasteiger partial charge in [-0.15, -0.1) is 0 Å². The number of aromatic nitrogens is 2. The molecule has 5 nitrogen and oxygen atoms in total. The maximum absolute atomic E-state index is 13.7. The van der Waals surface area contributed by atoms with E-state index in [0.717, 1.165) is 68.0 Å². The van der Waals surface area contributed by atoms with Crippen LogP contribution < -0.4 is 0 Å². The van der Waals surface area contributed by atoms with Gasteiger partial charge in [0.15, 0.2) is 0 Å². The second kappa shape index (κ2) is 9.84. The van der Waals surface area contributed by atoms with Crippen molar-refractivity contribution in [1.29, 1.82) is 0 Å². The minimum absolute atomic E-state index is 0.0118. The summed E-state index contributed by atoms with van der Waals surface area (Å²) >= 11 is 0. The number of likely N-dealkylation sites (tertiary alicyclic amines) is 2. The molecule has 2 fully saturated rings. The molecule has 3 heterocycles. The van der Waals surface area contributed by atoms with E-state index in [9.17, 15) is 4.79 Å². The minimum Gasteiger partial charge on any atom is -0.330 e. The molecule has 0 spiro atoms. The fourth-order valence-electron chi connectivity index (χ4n) is 5.22. The fraction of sp³-hybridized carbons (Fsp3) is 0.393. The van der Waals surface area contributed by atoms with E-state index in [-0.39, 0.29) is 11.9 Å². The third-order valence-corrected chi connectivity index (χ3v) is 6.87. The summed E-state index contributed by atoms with van der Waals surface area (Å²) in [5, 5.41) is 0. The van der Waals surface area contributed by atoms with Gasteiger partial charge in [0, 0.05) is 31.3 Å². The van der Waals surface area contributed by atoms with Crippen LogP contribution in [-0.4, -0.2) is 45.3 Å². The van der Waals surface area contributed by atoms with Crippen LogP contribution in [0.2, 0.25) is 0 Å². The molecule has 2 aromatic carbocycles. The van der Waals surface area contributed by atoms with Crippen LogP contribution in [0.1, 0.15) is 70.2 Å². The van der Waals surface area contributed by atoms with Crippen molar-refractivity contribution in [3.63, 3.8) is 0 Å². The van der Waals surface area contributed by atoms with E-state index in [4.69, 9.17) is 4.98 Å². The second-order valence-electron chi connectivity index (χ2n) is 9.40. The van der Waals surface area contributed by atoms with Gasteiger partial charge in [-0.3, -0.25) is 19.7 Å². The zero-order valence-corrected chi connectivity index (χ0v) is 19.4. The molecule has 0 unspecified atom stereocenters. The Hall–Kier alpha value is -3.05. The van der Waals surface area contributed by atoms with Crippen molar-refractivity contribution in [2.45, 2.75) is 51.6 Å². The van der Waals surface area contributed by atoms with Crippen LogP contribution in [0.5, 0.6) is 0 Å². The largest absolute Gasteiger partial charge is 0.330 e. The highest BCUT2D eigenvalue weighted by molar-refractivity contribution is 5.96. The predicted molar refractivity (Wildman–Crippen MR) is 130 cm³/mol. The first-order valence-electron chi connectivity index (χ1n) is 12.1. The van der Waals surface area contributed by atoms with Gasteiger partial charge >= 0.3 is 0 Å². The molecule has 3 aromatic rings. The number of rotatable bonds is 6. The average Bonchev–Trinajstić information content (AvgIpc) is 3.52. The van der Waals surface area contributed by atoms with E-state index in [2.05, 4.69) is 47.1 Å². The zero-order valence-electron chi connectivity index (χ0n) is 19.4. The molecule has 1 aromatic heterocycles. The first kappa shape index (κ1) is 21.8. The third kappa shape index (κ3) is 4.98. The molecular formula is C28H32N4O. The second-order valence-corrected chi connectivity index (χ2v) is 9.40. The molecule has 0 saturated carbocycles. The van der Waals surface area contributed by atoms with Crippen LogP contribution in [-0.2, 0) is 13.0 Å². The molecule has 0 bridgehead atoms. The van der Waals surface area contributed by atoms with E-state index < -0.39 is 0 Å². The number of carbonyl (C=O) groups excluding carboxylic acids is 1. The molecule has 0 N–H and O–H groups in total. The van der Waals surface area contributed by atoms with Gasteiger partial charge in [0.05, 0.1) is 23.6 Å². The van der Waals surface area contributed by atoms with Gasteiger partial charge in [-0.25, -0.2) is 0 Å². The SMILES string of the molecule is Cc1cccc(Cc2cncc([C@@H]3CCCN3C(=O)c3ccccc3CN3CCCC3)n2)c1. The molecule has 1 atom stereocenters. The molecule has 2 aliphatic heterocycles. The predicted octanol–water partition coefficient (Wildman–Crippen LogP) is 4.95. The van der Waals surface area contributed by atoms with Crippen molar-refractivity contribution in [1.82, 2.24) is 19.8 Å². The standard InChI is InChI=1S/C28H32N4O/c1-21-8-6-9-22(16-21)17-24-18-29-19-26(30-24)27-12-7-15-32(27)28(33)25-11-3-2-10-23(25)20-31-13-4-5-14-31/h2-3,6,8-11,16,18-19,27H,4-5,7,12-15,17,20H2,1H3/t27-/m0/s1. The Balaban J connectivity index is 1.36. The molecule has 0 radical (unpaired) electrons. The van der Waals surface area contributed by atoms with Crippen molar-refractivity contribution in [2.24, 2.45) is 0 Å². The summed E-state index contributed by atoms with van der Waals surface area (Å²) in [6.45, 7) is 5.98. The Morgan fingerprint density at radius 3 is 2.70 bits per heavy atom. The topological polar surface area (TPSA) is 49.3 Å².